The molecular formula is C19H30N2O2. The van der Waals surface area contributed by atoms with Crippen LogP contribution in [0.25, 0.3) is 0 Å². The Bertz CT molecular complexity index is 475. The maximum atomic E-state index is 10.7. The second-order valence-electron chi connectivity index (χ2n) is 5.94. The summed E-state index contributed by atoms with van der Waals surface area (Å²) in [6.07, 6.45) is 6.77. The minimum atomic E-state index is -0.865. The number of hydrogen-bond donors (Lipinski definition) is 1. The van der Waals surface area contributed by atoms with Crippen LogP contribution in [0.1, 0.15) is 42.6 Å². The highest BCUT2D eigenvalue weighted by Crippen LogP contribution is 2.09. The van der Waals surface area contributed by atoms with E-state index < -0.39 is 5.97 Å². The van der Waals surface area contributed by atoms with Crippen molar-refractivity contribution in [3.05, 3.63) is 47.5 Å². The number of carboxylic acids is 1. The van der Waals surface area contributed by atoms with Crippen LogP contribution in [0.3, 0.4) is 0 Å². The molecule has 0 radical (unpaired) electrons. The molecule has 0 spiro atoms. The summed E-state index contributed by atoms with van der Waals surface area (Å²) in [6.45, 7) is 9.51. The monoisotopic (exact) mass is 318 g/mol. The molecule has 0 saturated carbocycles. The lowest BCUT2D eigenvalue weighted by Gasteiger charge is -2.32. The normalized spacial score (nSPS) is 16.1. The van der Waals surface area contributed by atoms with Gasteiger partial charge in [-0.3, -0.25) is 4.90 Å². The molecule has 1 heterocycles. The number of carboxylic acid groups (broad SMARTS) is 1. The highest BCUT2D eigenvalue weighted by Gasteiger charge is 2.13. The smallest absolute Gasteiger partial charge is 0.335 e. The van der Waals surface area contributed by atoms with Crippen molar-refractivity contribution in [2.45, 2.75) is 33.2 Å². The lowest BCUT2D eigenvalue weighted by Crippen LogP contribution is -2.43. The molecule has 4 heteroatoms. The van der Waals surface area contributed by atoms with Crippen LogP contribution < -0.4 is 0 Å². The van der Waals surface area contributed by atoms with Crippen LogP contribution in [-0.4, -0.2) is 54.1 Å². The third kappa shape index (κ3) is 7.95. The van der Waals surface area contributed by atoms with E-state index in [-0.39, 0.29) is 0 Å². The van der Waals surface area contributed by atoms with Gasteiger partial charge in [0, 0.05) is 32.7 Å². The number of carbonyl (C=O) groups is 1. The maximum absolute atomic E-state index is 10.7. The zero-order valence-electron chi connectivity index (χ0n) is 14.7. The van der Waals surface area contributed by atoms with E-state index in [4.69, 9.17) is 5.11 Å². The number of nitrogens with zero attached hydrogens (tertiary/aromatic N) is 2. The highest BCUT2D eigenvalue weighted by atomic mass is 16.4. The van der Waals surface area contributed by atoms with Gasteiger partial charge in [-0.05, 0) is 38.1 Å². The van der Waals surface area contributed by atoms with E-state index in [1.807, 2.05) is 12.1 Å². The van der Waals surface area contributed by atoms with Crippen molar-refractivity contribution < 1.29 is 9.90 Å². The Morgan fingerprint density at radius 1 is 1.17 bits per heavy atom. The van der Waals surface area contributed by atoms with Crippen LogP contribution in [0.5, 0.6) is 0 Å². The maximum Gasteiger partial charge on any atom is 0.335 e. The molecule has 1 aliphatic rings. The molecule has 0 atom stereocenters. The molecule has 4 nitrogen and oxygen atoms in total. The van der Waals surface area contributed by atoms with Gasteiger partial charge in [0.15, 0.2) is 0 Å². The number of hydrogen-bond acceptors (Lipinski definition) is 3. The van der Waals surface area contributed by atoms with Crippen molar-refractivity contribution in [2.24, 2.45) is 0 Å². The number of rotatable bonds is 5. The number of allylic oxidation sites excluding steroid dienone is 2. The summed E-state index contributed by atoms with van der Waals surface area (Å²) in [5, 5.41) is 8.81. The molecule has 0 amide bonds. The quantitative estimate of drug-likeness (QED) is 0.844. The number of benzene rings is 1. The Balaban J connectivity index is 0.000000379. The fraction of sp³-hybridized carbons (Fsp3) is 0.526. The van der Waals surface area contributed by atoms with Gasteiger partial charge in [-0.15, -0.1) is 0 Å². The second kappa shape index (κ2) is 11.0. The second-order valence-corrected chi connectivity index (χ2v) is 5.94. The van der Waals surface area contributed by atoms with Gasteiger partial charge in [-0.25, -0.2) is 4.79 Å². The van der Waals surface area contributed by atoms with Gasteiger partial charge in [0.1, 0.15) is 0 Å². The molecule has 1 aromatic rings. The molecule has 2 rings (SSSR count). The van der Waals surface area contributed by atoms with Gasteiger partial charge in [-0.2, -0.15) is 0 Å². The molecule has 23 heavy (non-hydrogen) atoms. The molecule has 1 aliphatic heterocycles. The fourth-order valence-electron chi connectivity index (χ4n) is 2.35. The largest absolute Gasteiger partial charge is 0.478 e. The molecule has 0 bridgehead atoms. The van der Waals surface area contributed by atoms with Gasteiger partial charge in [0.25, 0.3) is 0 Å². The SMILES string of the molecule is C/C=C/CCC.CN1CCN(Cc2ccc(C(=O)O)cc2)CC1. The first kappa shape index (κ1) is 19.4. The van der Waals surface area contributed by atoms with E-state index in [0.29, 0.717) is 5.56 Å². The summed E-state index contributed by atoms with van der Waals surface area (Å²) in [4.78, 5) is 15.4. The number of unbranched alkanes of at least 4 members (excludes halogenated alkanes) is 1. The third-order valence-electron chi connectivity index (χ3n) is 3.89. The van der Waals surface area contributed by atoms with Crippen molar-refractivity contribution in [2.75, 3.05) is 33.2 Å². The van der Waals surface area contributed by atoms with Gasteiger partial charge in [0.05, 0.1) is 5.56 Å². The summed E-state index contributed by atoms with van der Waals surface area (Å²) in [5.74, 6) is -0.865. The summed E-state index contributed by atoms with van der Waals surface area (Å²) in [7, 11) is 2.14. The molecule has 1 aromatic carbocycles. The Labute approximate surface area is 140 Å². The minimum Gasteiger partial charge on any atom is -0.478 e. The first-order valence-corrected chi connectivity index (χ1v) is 8.41. The molecule has 128 valence electrons. The summed E-state index contributed by atoms with van der Waals surface area (Å²) < 4.78 is 0. The van der Waals surface area contributed by atoms with Crippen LogP contribution in [0.2, 0.25) is 0 Å². The summed E-state index contributed by atoms with van der Waals surface area (Å²) >= 11 is 0. The van der Waals surface area contributed by atoms with Crippen molar-refractivity contribution in [1.82, 2.24) is 9.80 Å². The van der Waals surface area contributed by atoms with Gasteiger partial charge in [0.2, 0.25) is 0 Å². The Morgan fingerprint density at radius 3 is 2.22 bits per heavy atom. The van der Waals surface area contributed by atoms with Crippen molar-refractivity contribution in [3.63, 3.8) is 0 Å². The standard InChI is InChI=1S/C13H18N2O2.C6H12/c1-14-6-8-15(9-7-14)10-11-2-4-12(5-3-11)13(16)17;1-3-5-6-4-2/h2-5H,6-10H2,1H3,(H,16,17);3,5H,4,6H2,1-2H3/b;5-3+. The molecule has 1 saturated heterocycles. The van der Waals surface area contributed by atoms with E-state index >= 15 is 0 Å². The van der Waals surface area contributed by atoms with Crippen molar-refractivity contribution in [3.8, 4) is 0 Å². The summed E-state index contributed by atoms with van der Waals surface area (Å²) in [5.41, 5.74) is 1.53. The average Bonchev–Trinajstić information content (AvgIpc) is 2.56. The number of likely N-dealkylation sites (N-methyl/N-ethyl adjacent to an activating group) is 1. The van der Waals surface area contributed by atoms with Crippen LogP contribution >= 0.6 is 0 Å². The molecule has 0 aromatic heterocycles. The Morgan fingerprint density at radius 2 is 1.78 bits per heavy atom. The van der Waals surface area contributed by atoms with Crippen LogP contribution in [0, 0.1) is 0 Å². The van der Waals surface area contributed by atoms with Gasteiger partial charge in [-0.1, -0.05) is 37.6 Å². The lowest BCUT2D eigenvalue weighted by atomic mass is 10.1. The van der Waals surface area contributed by atoms with E-state index in [9.17, 15) is 4.79 Å². The summed E-state index contributed by atoms with van der Waals surface area (Å²) in [6, 6.07) is 7.16. The Kier molecular flexibility index (Phi) is 9.25. The number of aromatic carboxylic acids is 1. The zero-order chi connectivity index (χ0) is 17.1. The molecule has 1 fully saturated rings. The van der Waals surface area contributed by atoms with Crippen LogP contribution in [-0.2, 0) is 6.54 Å². The molecule has 0 unspecified atom stereocenters. The molecule has 1 N–H and O–H groups in total. The van der Waals surface area contributed by atoms with E-state index in [1.54, 1.807) is 12.1 Å². The molecular weight excluding hydrogens is 288 g/mol. The average molecular weight is 318 g/mol. The highest BCUT2D eigenvalue weighted by molar-refractivity contribution is 5.87. The van der Waals surface area contributed by atoms with Gasteiger partial charge < -0.3 is 10.0 Å². The van der Waals surface area contributed by atoms with Crippen molar-refractivity contribution in [1.29, 1.82) is 0 Å². The van der Waals surface area contributed by atoms with Crippen LogP contribution in [0.15, 0.2) is 36.4 Å². The van der Waals surface area contributed by atoms with Gasteiger partial charge >= 0.3 is 5.97 Å². The number of piperazine rings is 1. The van der Waals surface area contributed by atoms with Crippen molar-refractivity contribution >= 4 is 5.97 Å². The third-order valence-corrected chi connectivity index (χ3v) is 3.89. The van der Waals surface area contributed by atoms with E-state index in [2.05, 4.69) is 42.8 Å². The topological polar surface area (TPSA) is 43.8 Å². The zero-order valence-corrected chi connectivity index (χ0v) is 14.7. The Hall–Kier alpha value is -1.65. The van der Waals surface area contributed by atoms with E-state index in [0.717, 1.165) is 32.7 Å². The molecule has 0 aliphatic carbocycles. The van der Waals surface area contributed by atoms with E-state index in [1.165, 1.54) is 18.4 Å². The lowest BCUT2D eigenvalue weighted by molar-refractivity contribution is 0.0697. The predicted molar refractivity (Wildman–Crippen MR) is 95.9 cm³/mol. The first-order chi connectivity index (χ1) is 11.1. The first-order valence-electron chi connectivity index (χ1n) is 8.41. The predicted octanol–water partition coefficient (Wildman–Crippen LogP) is 3.49. The fourth-order valence-corrected chi connectivity index (χ4v) is 2.35. The van der Waals surface area contributed by atoms with Crippen LogP contribution in [0.4, 0.5) is 0 Å². The minimum absolute atomic E-state index is 0.354.